The van der Waals surface area contributed by atoms with Gasteiger partial charge in [-0.2, -0.15) is 5.26 Å². The molecule has 0 spiro atoms. The highest BCUT2D eigenvalue weighted by atomic mass is 79.9. The molecule has 0 saturated carbocycles. The Labute approximate surface area is 144 Å². The van der Waals surface area contributed by atoms with Crippen molar-refractivity contribution in [3.8, 4) is 6.07 Å². The van der Waals surface area contributed by atoms with E-state index >= 15 is 0 Å². The molecule has 8 heteroatoms. The minimum Gasteiger partial charge on any atom is -0.341 e. The maximum atomic E-state index is 12.2. The van der Waals surface area contributed by atoms with Crippen LogP contribution in [-0.4, -0.2) is 24.4 Å². The van der Waals surface area contributed by atoms with Gasteiger partial charge in [0.15, 0.2) is 0 Å². The number of nitriles is 1. The molecule has 1 heterocycles. The first kappa shape index (κ1) is 18.1. The second kappa shape index (κ2) is 8.51. The van der Waals surface area contributed by atoms with Crippen LogP contribution in [0, 0.1) is 17.2 Å². The molecule has 1 aromatic rings. The van der Waals surface area contributed by atoms with Gasteiger partial charge in [0, 0.05) is 4.47 Å². The number of hydrogen-bond acceptors (Lipinski definition) is 4. The smallest absolute Gasteiger partial charge is 0.262 e. The number of thiophene rings is 1. The molecule has 5 nitrogen and oxygen atoms in total. The summed E-state index contributed by atoms with van der Waals surface area (Å²) in [6.07, 6.45) is 0.511. The zero-order valence-electron chi connectivity index (χ0n) is 11.6. The number of nitrogens with zero attached hydrogens (tertiary/aromatic N) is 1. The monoisotopic (exact) mass is 435 g/mol. The minimum absolute atomic E-state index is 0.0700. The van der Waals surface area contributed by atoms with Gasteiger partial charge >= 0.3 is 0 Å². The molecule has 0 aliphatic heterocycles. The molecule has 0 aromatic carbocycles. The highest BCUT2D eigenvalue weighted by Gasteiger charge is 2.23. The second-order valence-electron chi connectivity index (χ2n) is 4.76. The van der Waals surface area contributed by atoms with Gasteiger partial charge in [0.05, 0.1) is 14.7 Å². The van der Waals surface area contributed by atoms with Crippen LogP contribution in [0.5, 0.6) is 0 Å². The normalized spacial score (nSPS) is 11.8. The van der Waals surface area contributed by atoms with Crippen molar-refractivity contribution in [2.75, 3.05) is 6.54 Å². The van der Waals surface area contributed by atoms with Crippen molar-refractivity contribution in [3.05, 3.63) is 19.2 Å². The second-order valence-corrected chi connectivity index (χ2v) is 7.99. The molecule has 0 aliphatic rings. The molecule has 2 N–H and O–H groups in total. The molecule has 0 bridgehead atoms. The molecule has 21 heavy (non-hydrogen) atoms. The van der Waals surface area contributed by atoms with Gasteiger partial charge in [0.2, 0.25) is 5.91 Å². The highest BCUT2D eigenvalue weighted by Crippen LogP contribution is 2.32. The number of carbonyl (C=O) groups is 2. The average molecular weight is 437 g/mol. The number of carbonyl (C=O) groups excluding carboxylic acids is 2. The molecule has 0 aliphatic carbocycles. The molecule has 114 valence electrons. The third-order valence-electron chi connectivity index (χ3n) is 2.54. The Kier molecular flexibility index (Phi) is 7.35. The summed E-state index contributed by atoms with van der Waals surface area (Å²) in [6, 6.07) is 2.90. The molecule has 0 fully saturated rings. The molecular weight excluding hydrogens is 422 g/mol. The molecule has 1 atom stereocenters. The summed E-state index contributed by atoms with van der Waals surface area (Å²) in [4.78, 5) is 24.7. The largest absolute Gasteiger partial charge is 0.341 e. The zero-order chi connectivity index (χ0) is 16.0. The van der Waals surface area contributed by atoms with Gasteiger partial charge in [0.25, 0.3) is 5.91 Å². The molecule has 0 radical (unpaired) electrons. The summed E-state index contributed by atoms with van der Waals surface area (Å²) < 4.78 is 1.62. The summed E-state index contributed by atoms with van der Waals surface area (Å²) in [5.41, 5.74) is 0. The third-order valence-corrected chi connectivity index (χ3v) is 5.79. The summed E-state index contributed by atoms with van der Waals surface area (Å²) in [7, 11) is 0. The molecule has 1 rings (SSSR count). The predicted molar refractivity (Wildman–Crippen MR) is 89.1 cm³/mol. The lowest BCUT2D eigenvalue weighted by molar-refractivity contribution is -0.123. The number of rotatable bonds is 6. The van der Waals surface area contributed by atoms with Crippen molar-refractivity contribution in [1.82, 2.24) is 10.6 Å². The van der Waals surface area contributed by atoms with Crippen LogP contribution in [0.3, 0.4) is 0 Å². The highest BCUT2D eigenvalue weighted by molar-refractivity contribution is 9.13. The van der Waals surface area contributed by atoms with E-state index in [0.717, 1.165) is 8.26 Å². The first-order chi connectivity index (χ1) is 9.85. The van der Waals surface area contributed by atoms with Crippen LogP contribution in [0.4, 0.5) is 0 Å². The Balaban J connectivity index is 2.78. The first-order valence-electron chi connectivity index (χ1n) is 6.25. The Morgan fingerprint density at radius 1 is 1.43 bits per heavy atom. The van der Waals surface area contributed by atoms with Gasteiger partial charge in [0.1, 0.15) is 12.6 Å². The maximum Gasteiger partial charge on any atom is 0.262 e. The Bertz CT molecular complexity index is 547. The fourth-order valence-electron chi connectivity index (χ4n) is 1.64. The standard InChI is InChI=1S/C13H15Br2N3O2S/c1-7(2)5-9(12(19)17-4-3-16)18-13(20)10-6-8(14)11(15)21-10/h6-7,9H,4-5H2,1-2H3,(H,17,19)(H,18,20)/t9-/m0/s1. The topological polar surface area (TPSA) is 82.0 Å². The Morgan fingerprint density at radius 2 is 2.10 bits per heavy atom. The van der Waals surface area contributed by atoms with Gasteiger partial charge in [-0.05, 0) is 50.3 Å². The fourth-order valence-corrected chi connectivity index (χ4v) is 3.58. The Morgan fingerprint density at radius 3 is 2.57 bits per heavy atom. The lowest BCUT2D eigenvalue weighted by Crippen LogP contribution is -2.47. The summed E-state index contributed by atoms with van der Waals surface area (Å²) in [5.74, 6) is -0.401. The van der Waals surface area contributed by atoms with E-state index in [1.165, 1.54) is 11.3 Å². The van der Waals surface area contributed by atoms with Crippen LogP contribution in [0.2, 0.25) is 0 Å². The average Bonchev–Trinajstić information content (AvgIpc) is 2.74. The van der Waals surface area contributed by atoms with Crippen LogP contribution in [0.1, 0.15) is 29.9 Å². The van der Waals surface area contributed by atoms with E-state index in [1.54, 1.807) is 6.07 Å². The van der Waals surface area contributed by atoms with E-state index in [1.807, 2.05) is 19.9 Å². The molecule has 1 aromatic heterocycles. The van der Waals surface area contributed by atoms with Crippen molar-refractivity contribution in [1.29, 1.82) is 5.26 Å². The van der Waals surface area contributed by atoms with Crippen LogP contribution in [-0.2, 0) is 4.79 Å². The van der Waals surface area contributed by atoms with E-state index in [2.05, 4.69) is 42.5 Å². The molecule has 0 unspecified atom stereocenters. The number of halogens is 2. The lowest BCUT2D eigenvalue weighted by atomic mass is 10.0. The van der Waals surface area contributed by atoms with Crippen LogP contribution in [0.25, 0.3) is 0 Å². The third kappa shape index (κ3) is 5.77. The van der Waals surface area contributed by atoms with Crippen LogP contribution >= 0.6 is 43.2 Å². The first-order valence-corrected chi connectivity index (χ1v) is 8.65. The van der Waals surface area contributed by atoms with Crippen LogP contribution in [0.15, 0.2) is 14.3 Å². The Hall–Kier alpha value is -0.910. The van der Waals surface area contributed by atoms with Crippen LogP contribution < -0.4 is 10.6 Å². The van der Waals surface area contributed by atoms with Crippen molar-refractivity contribution in [2.24, 2.45) is 5.92 Å². The van der Waals surface area contributed by atoms with Crippen molar-refractivity contribution in [3.63, 3.8) is 0 Å². The fraction of sp³-hybridized carbons (Fsp3) is 0.462. The zero-order valence-corrected chi connectivity index (χ0v) is 15.6. The van der Waals surface area contributed by atoms with Gasteiger partial charge in [-0.3, -0.25) is 9.59 Å². The van der Waals surface area contributed by atoms with Gasteiger partial charge in [-0.1, -0.05) is 13.8 Å². The number of amides is 2. The summed E-state index contributed by atoms with van der Waals surface area (Å²) >= 11 is 7.94. The number of nitrogens with one attached hydrogen (secondary N) is 2. The minimum atomic E-state index is -0.648. The van der Waals surface area contributed by atoms with Crippen molar-refractivity contribution < 1.29 is 9.59 Å². The predicted octanol–water partition coefficient (Wildman–Crippen LogP) is 3.06. The van der Waals surface area contributed by atoms with E-state index in [9.17, 15) is 9.59 Å². The lowest BCUT2D eigenvalue weighted by Gasteiger charge is -2.19. The SMILES string of the molecule is CC(C)C[C@H](NC(=O)c1cc(Br)c(Br)s1)C(=O)NCC#N. The summed E-state index contributed by atoms with van der Waals surface area (Å²) in [6.45, 7) is 3.86. The van der Waals surface area contributed by atoms with E-state index in [4.69, 9.17) is 5.26 Å². The van der Waals surface area contributed by atoms with E-state index < -0.39 is 6.04 Å². The summed E-state index contributed by atoms with van der Waals surface area (Å²) in [5, 5.41) is 13.7. The molecule has 2 amide bonds. The quantitative estimate of drug-likeness (QED) is 0.672. The van der Waals surface area contributed by atoms with Gasteiger partial charge in [-0.25, -0.2) is 0 Å². The van der Waals surface area contributed by atoms with Gasteiger partial charge in [-0.15, -0.1) is 11.3 Å². The van der Waals surface area contributed by atoms with E-state index in [0.29, 0.717) is 11.3 Å². The molecular formula is C13H15Br2N3O2S. The van der Waals surface area contributed by atoms with Crippen molar-refractivity contribution >= 4 is 55.0 Å². The number of hydrogen-bond donors (Lipinski definition) is 2. The van der Waals surface area contributed by atoms with E-state index in [-0.39, 0.29) is 24.3 Å². The maximum absolute atomic E-state index is 12.2. The van der Waals surface area contributed by atoms with Gasteiger partial charge < -0.3 is 10.6 Å². The van der Waals surface area contributed by atoms with Crippen molar-refractivity contribution in [2.45, 2.75) is 26.3 Å². The molecule has 0 saturated heterocycles.